The Hall–Kier alpha value is -3.10. The Morgan fingerprint density at radius 1 is 0.861 bits per heavy atom. The van der Waals surface area contributed by atoms with Gasteiger partial charge in [-0.1, -0.05) is 30.3 Å². The number of fused-ring (bicyclic) bond motifs is 1. The minimum absolute atomic E-state index is 0.117. The summed E-state index contributed by atoms with van der Waals surface area (Å²) in [5.74, 6) is 2.67. The van der Waals surface area contributed by atoms with Crippen LogP contribution in [0.2, 0.25) is 0 Å². The molecular weight excluding hydrogens is 454 g/mol. The normalized spacial score (nSPS) is 18.2. The summed E-state index contributed by atoms with van der Waals surface area (Å²) in [5, 5.41) is 0.857. The summed E-state index contributed by atoms with van der Waals surface area (Å²) in [4.78, 5) is 17.0. The second kappa shape index (κ2) is 11.3. The van der Waals surface area contributed by atoms with Gasteiger partial charge in [0.05, 0.1) is 25.1 Å². The maximum atomic E-state index is 6.61. The molecule has 192 valence electrons. The van der Waals surface area contributed by atoms with E-state index in [2.05, 4.69) is 52.1 Å². The van der Waals surface area contributed by atoms with Crippen LogP contribution in [-0.2, 0) is 6.54 Å². The first-order chi connectivity index (χ1) is 17.6. The Morgan fingerprint density at radius 3 is 2.36 bits per heavy atom. The van der Waals surface area contributed by atoms with Crippen molar-refractivity contribution in [3.8, 4) is 17.4 Å². The molecule has 0 amide bonds. The number of ether oxygens (including phenoxy) is 3. The SMILES string of the molecule is COc1cc2nc(N3CCCN(C)CC3)nc(OC3CCN(Cc4ccccc4)CC3)c2cc1OC. The Kier molecular flexibility index (Phi) is 7.72. The van der Waals surface area contributed by atoms with Gasteiger partial charge in [-0.3, -0.25) is 4.90 Å². The molecule has 0 spiro atoms. The smallest absolute Gasteiger partial charge is 0.229 e. The molecule has 2 aliphatic rings. The molecule has 0 N–H and O–H groups in total. The van der Waals surface area contributed by atoms with E-state index in [0.717, 1.165) is 81.9 Å². The fraction of sp³-hybridized carbons (Fsp3) is 0.500. The summed E-state index contributed by atoms with van der Waals surface area (Å²) in [6, 6.07) is 14.5. The minimum atomic E-state index is 0.117. The molecule has 5 rings (SSSR count). The Balaban J connectivity index is 1.38. The van der Waals surface area contributed by atoms with Crippen LogP contribution in [0.15, 0.2) is 42.5 Å². The van der Waals surface area contributed by atoms with Gasteiger partial charge in [-0.15, -0.1) is 0 Å². The van der Waals surface area contributed by atoms with Crippen molar-refractivity contribution in [1.82, 2.24) is 19.8 Å². The number of anilines is 1. The van der Waals surface area contributed by atoms with Crippen LogP contribution in [0.3, 0.4) is 0 Å². The maximum Gasteiger partial charge on any atom is 0.229 e. The largest absolute Gasteiger partial charge is 0.493 e. The van der Waals surface area contributed by atoms with Gasteiger partial charge >= 0.3 is 0 Å². The zero-order valence-corrected chi connectivity index (χ0v) is 21.7. The van der Waals surface area contributed by atoms with Crippen molar-refractivity contribution in [2.45, 2.75) is 31.9 Å². The van der Waals surface area contributed by atoms with Crippen molar-refractivity contribution in [2.75, 3.05) is 65.4 Å². The van der Waals surface area contributed by atoms with Crippen molar-refractivity contribution in [1.29, 1.82) is 0 Å². The van der Waals surface area contributed by atoms with Crippen molar-refractivity contribution in [3.05, 3.63) is 48.0 Å². The van der Waals surface area contributed by atoms with Crippen LogP contribution in [0.25, 0.3) is 10.9 Å². The van der Waals surface area contributed by atoms with Crippen LogP contribution in [0.4, 0.5) is 5.95 Å². The lowest BCUT2D eigenvalue weighted by Crippen LogP contribution is -2.38. The quantitative estimate of drug-likeness (QED) is 0.494. The molecule has 0 bridgehead atoms. The van der Waals surface area contributed by atoms with Crippen LogP contribution < -0.4 is 19.1 Å². The molecule has 2 aliphatic heterocycles. The van der Waals surface area contributed by atoms with Gasteiger partial charge in [-0.05, 0) is 44.5 Å². The summed E-state index contributed by atoms with van der Waals surface area (Å²) in [5.41, 5.74) is 2.17. The molecule has 0 atom stereocenters. The summed E-state index contributed by atoms with van der Waals surface area (Å²) in [7, 11) is 5.47. The third-order valence-electron chi connectivity index (χ3n) is 7.22. The number of likely N-dealkylation sites (N-methyl/N-ethyl adjacent to an activating group) is 1. The average molecular weight is 492 g/mol. The van der Waals surface area contributed by atoms with E-state index >= 15 is 0 Å². The lowest BCUT2D eigenvalue weighted by atomic mass is 10.1. The van der Waals surface area contributed by atoms with E-state index in [9.17, 15) is 0 Å². The molecule has 0 unspecified atom stereocenters. The van der Waals surface area contributed by atoms with E-state index in [-0.39, 0.29) is 6.10 Å². The molecule has 3 heterocycles. The average Bonchev–Trinajstić information content (AvgIpc) is 3.14. The third kappa shape index (κ3) is 5.65. The molecule has 2 fully saturated rings. The molecule has 8 nitrogen and oxygen atoms in total. The molecule has 2 saturated heterocycles. The molecule has 0 aliphatic carbocycles. The summed E-state index contributed by atoms with van der Waals surface area (Å²) in [6.45, 7) is 6.89. The lowest BCUT2D eigenvalue weighted by Gasteiger charge is -2.32. The molecule has 0 radical (unpaired) electrons. The molecule has 3 aromatic rings. The predicted octanol–water partition coefficient (Wildman–Crippen LogP) is 3.83. The third-order valence-corrected chi connectivity index (χ3v) is 7.22. The maximum absolute atomic E-state index is 6.61. The second-order valence-electron chi connectivity index (χ2n) is 9.78. The highest BCUT2D eigenvalue weighted by atomic mass is 16.5. The van der Waals surface area contributed by atoms with E-state index in [0.29, 0.717) is 17.4 Å². The van der Waals surface area contributed by atoms with Gasteiger partial charge in [0, 0.05) is 45.3 Å². The van der Waals surface area contributed by atoms with Crippen LogP contribution >= 0.6 is 0 Å². The molecular formula is C28H37N5O3. The van der Waals surface area contributed by atoms with E-state index in [4.69, 9.17) is 24.2 Å². The first-order valence-electron chi connectivity index (χ1n) is 12.9. The van der Waals surface area contributed by atoms with E-state index in [1.807, 2.05) is 12.1 Å². The van der Waals surface area contributed by atoms with Gasteiger partial charge < -0.3 is 24.0 Å². The van der Waals surface area contributed by atoms with Gasteiger partial charge in [-0.2, -0.15) is 4.98 Å². The number of hydrogen-bond acceptors (Lipinski definition) is 8. The van der Waals surface area contributed by atoms with E-state index in [1.165, 1.54) is 5.56 Å². The van der Waals surface area contributed by atoms with Gasteiger partial charge in [0.1, 0.15) is 6.10 Å². The summed E-state index contributed by atoms with van der Waals surface area (Å²) in [6.07, 6.45) is 3.14. The number of rotatable bonds is 7. The Morgan fingerprint density at radius 2 is 1.61 bits per heavy atom. The van der Waals surface area contributed by atoms with Crippen molar-refractivity contribution < 1.29 is 14.2 Å². The zero-order valence-electron chi connectivity index (χ0n) is 21.7. The molecule has 0 saturated carbocycles. The first-order valence-corrected chi connectivity index (χ1v) is 12.9. The monoisotopic (exact) mass is 491 g/mol. The number of hydrogen-bond donors (Lipinski definition) is 0. The number of benzene rings is 2. The van der Waals surface area contributed by atoms with Crippen molar-refractivity contribution in [3.63, 3.8) is 0 Å². The topological polar surface area (TPSA) is 63.2 Å². The first kappa shape index (κ1) is 24.6. The molecule has 36 heavy (non-hydrogen) atoms. The molecule has 1 aromatic heterocycles. The number of methoxy groups -OCH3 is 2. The standard InChI is InChI=1S/C28H37N5O3/c1-31-12-7-13-33(17-16-31)28-29-24-19-26(35-3)25(34-2)18-23(24)27(30-28)36-22-10-14-32(15-11-22)20-21-8-5-4-6-9-21/h4-6,8-9,18-19,22H,7,10-17,20H2,1-3H3. The van der Waals surface area contributed by atoms with Gasteiger partial charge in [-0.25, -0.2) is 4.98 Å². The number of aromatic nitrogens is 2. The number of piperidine rings is 1. The lowest BCUT2D eigenvalue weighted by molar-refractivity contribution is 0.0945. The number of nitrogens with zero attached hydrogens (tertiary/aromatic N) is 5. The van der Waals surface area contributed by atoms with Gasteiger partial charge in [0.2, 0.25) is 11.8 Å². The predicted molar refractivity (Wildman–Crippen MR) is 142 cm³/mol. The van der Waals surface area contributed by atoms with Crippen LogP contribution in [-0.4, -0.2) is 86.4 Å². The Labute approximate surface area is 213 Å². The highest BCUT2D eigenvalue weighted by molar-refractivity contribution is 5.88. The fourth-order valence-electron chi connectivity index (χ4n) is 5.08. The number of likely N-dealkylation sites (tertiary alicyclic amines) is 1. The van der Waals surface area contributed by atoms with Crippen LogP contribution in [0, 0.1) is 0 Å². The van der Waals surface area contributed by atoms with Gasteiger partial charge in [0.15, 0.2) is 11.5 Å². The molecule has 2 aromatic carbocycles. The van der Waals surface area contributed by atoms with Crippen LogP contribution in [0.1, 0.15) is 24.8 Å². The highest BCUT2D eigenvalue weighted by Gasteiger charge is 2.24. The fourth-order valence-corrected chi connectivity index (χ4v) is 5.08. The molecule has 8 heteroatoms. The van der Waals surface area contributed by atoms with E-state index < -0.39 is 0 Å². The van der Waals surface area contributed by atoms with E-state index in [1.54, 1.807) is 14.2 Å². The van der Waals surface area contributed by atoms with Gasteiger partial charge in [0.25, 0.3) is 0 Å². The highest BCUT2D eigenvalue weighted by Crippen LogP contribution is 2.37. The Bertz CT molecular complexity index is 1150. The van der Waals surface area contributed by atoms with Crippen LogP contribution in [0.5, 0.6) is 17.4 Å². The summed E-state index contributed by atoms with van der Waals surface area (Å²) < 4.78 is 17.8. The zero-order chi connectivity index (χ0) is 24.9. The van der Waals surface area contributed by atoms with Crippen molar-refractivity contribution >= 4 is 16.9 Å². The second-order valence-corrected chi connectivity index (χ2v) is 9.78. The summed E-state index contributed by atoms with van der Waals surface area (Å²) >= 11 is 0. The van der Waals surface area contributed by atoms with Crippen molar-refractivity contribution in [2.24, 2.45) is 0 Å². The minimum Gasteiger partial charge on any atom is -0.493 e.